The number of fused-ring (bicyclic) bond motifs is 5. The molecule has 0 aliphatic heterocycles. The maximum Gasteiger partial charge on any atom is 0.214 e. The third-order valence-corrected chi connectivity index (χ3v) is 8.48. The summed E-state index contributed by atoms with van der Waals surface area (Å²) >= 11 is 0. The summed E-state index contributed by atoms with van der Waals surface area (Å²) in [7, 11) is 0. The number of aromatic nitrogens is 10. The number of aromatic amines is 1. The number of hydrogen-bond acceptors (Lipinski definition) is 5. The smallest absolute Gasteiger partial charge is 0.214 e. The summed E-state index contributed by atoms with van der Waals surface area (Å²) in [5.74, 6) is 0.665. The number of hydrogen-bond donors (Lipinski definition) is 1. The van der Waals surface area contributed by atoms with E-state index in [0.29, 0.717) is 5.95 Å². The second-order valence-electron chi connectivity index (χ2n) is 11.0. The average Bonchev–Trinajstić information content (AvgIpc) is 3.92. The van der Waals surface area contributed by atoms with Crippen LogP contribution in [0.3, 0.4) is 0 Å². The van der Waals surface area contributed by atoms with Crippen LogP contribution in [0.15, 0.2) is 128 Å². The van der Waals surface area contributed by atoms with Crippen molar-refractivity contribution in [1.29, 1.82) is 0 Å². The maximum absolute atomic E-state index is 5.26. The van der Waals surface area contributed by atoms with Crippen molar-refractivity contribution in [2.45, 2.75) is 0 Å². The number of para-hydroxylation sites is 8. The molecule has 0 aliphatic rings. The summed E-state index contributed by atoms with van der Waals surface area (Å²) in [5, 5.41) is 0. The fraction of sp³-hybridized carbons (Fsp3) is 0. The predicted octanol–water partition coefficient (Wildman–Crippen LogP) is 6.92. The Balaban J connectivity index is 1.39. The van der Waals surface area contributed by atoms with Crippen molar-refractivity contribution in [3.05, 3.63) is 128 Å². The van der Waals surface area contributed by atoms with E-state index in [2.05, 4.69) is 47.9 Å². The van der Waals surface area contributed by atoms with Gasteiger partial charge in [0.25, 0.3) is 0 Å². The SMILES string of the molecule is c1ccc2c(c1)ncn2-c1nc2c(-n3cnc4ccccc43)c(-n3cnc4ccccc43)c(-n3cnc4ccccc43)cc2[nH]1. The molecule has 10 heteroatoms. The molecule has 5 heterocycles. The van der Waals surface area contributed by atoms with Crippen LogP contribution >= 0.6 is 0 Å². The Bertz CT molecular complexity index is 2730. The van der Waals surface area contributed by atoms with Crippen molar-refractivity contribution >= 4 is 55.2 Å². The molecule has 0 radical (unpaired) electrons. The van der Waals surface area contributed by atoms with Gasteiger partial charge in [0.05, 0.1) is 61.0 Å². The molecule has 0 saturated carbocycles. The molecule has 0 atom stereocenters. The van der Waals surface area contributed by atoms with Crippen LogP contribution in [0.2, 0.25) is 0 Å². The second-order valence-corrected chi connectivity index (χ2v) is 11.0. The molecule has 10 aromatic rings. The first-order valence-corrected chi connectivity index (χ1v) is 14.6. The van der Waals surface area contributed by atoms with Crippen LogP contribution in [0, 0.1) is 0 Å². The van der Waals surface area contributed by atoms with Crippen LogP contribution in [0.25, 0.3) is 78.2 Å². The van der Waals surface area contributed by atoms with E-state index in [0.717, 1.165) is 72.2 Å². The average molecular weight is 583 g/mol. The zero-order valence-electron chi connectivity index (χ0n) is 23.6. The van der Waals surface area contributed by atoms with Gasteiger partial charge in [-0.05, 0) is 54.6 Å². The number of nitrogens with one attached hydrogen (secondary N) is 1. The van der Waals surface area contributed by atoms with Crippen molar-refractivity contribution < 1.29 is 0 Å². The van der Waals surface area contributed by atoms with Gasteiger partial charge in [-0.25, -0.2) is 24.9 Å². The third-order valence-electron chi connectivity index (χ3n) is 8.48. The quantitative estimate of drug-likeness (QED) is 0.243. The monoisotopic (exact) mass is 582 g/mol. The van der Waals surface area contributed by atoms with E-state index >= 15 is 0 Å². The molecule has 212 valence electrons. The van der Waals surface area contributed by atoms with Gasteiger partial charge in [0.1, 0.15) is 36.5 Å². The Morgan fingerprint density at radius 2 is 0.867 bits per heavy atom. The molecule has 0 amide bonds. The summed E-state index contributed by atoms with van der Waals surface area (Å²) in [6, 6.07) is 34.7. The molecule has 0 bridgehead atoms. The first-order chi connectivity index (χ1) is 22.3. The molecule has 0 unspecified atom stereocenters. The largest absolute Gasteiger partial charge is 0.323 e. The van der Waals surface area contributed by atoms with Gasteiger partial charge < -0.3 is 4.98 Å². The number of nitrogens with zero attached hydrogens (tertiary/aromatic N) is 9. The fourth-order valence-electron chi connectivity index (χ4n) is 6.41. The highest BCUT2D eigenvalue weighted by atomic mass is 15.2. The number of rotatable bonds is 4. The van der Waals surface area contributed by atoms with Crippen LogP contribution in [0.1, 0.15) is 0 Å². The van der Waals surface area contributed by atoms with E-state index in [1.165, 1.54) is 0 Å². The third kappa shape index (κ3) is 3.41. The molecule has 0 spiro atoms. The number of H-pyrrole nitrogens is 1. The summed E-state index contributed by atoms with van der Waals surface area (Å²) in [6.45, 7) is 0. The van der Waals surface area contributed by atoms with Gasteiger partial charge in [0.2, 0.25) is 5.95 Å². The van der Waals surface area contributed by atoms with Crippen molar-refractivity contribution in [1.82, 2.24) is 48.2 Å². The Hall–Kier alpha value is -6.55. The van der Waals surface area contributed by atoms with Gasteiger partial charge in [0.15, 0.2) is 0 Å². The molecule has 45 heavy (non-hydrogen) atoms. The van der Waals surface area contributed by atoms with Gasteiger partial charge in [-0.1, -0.05) is 48.5 Å². The standard InChI is InChI=1S/C35H22N10/c1-5-13-27-22(9-1)36-18-42(27)31-17-26-32(41-35(40-26)45-21-39-25-12-4-8-16-30(25)45)34(44-20-38-24-11-3-7-15-29(24)44)33(31)43-19-37-23-10-2-6-14-28(23)43/h1-21H,(H,40,41). The van der Waals surface area contributed by atoms with E-state index in [-0.39, 0.29) is 0 Å². The molecule has 0 aliphatic carbocycles. The van der Waals surface area contributed by atoms with Gasteiger partial charge >= 0.3 is 0 Å². The normalized spacial score (nSPS) is 12.0. The lowest BCUT2D eigenvalue weighted by Crippen LogP contribution is -2.09. The van der Waals surface area contributed by atoms with Gasteiger partial charge in [-0.15, -0.1) is 0 Å². The Morgan fingerprint density at radius 1 is 0.444 bits per heavy atom. The highest BCUT2D eigenvalue weighted by Crippen LogP contribution is 2.38. The van der Waals surface area contributed by atoms with E-state index in [1.54, 1.807) is 0 Å². The molecular weight excluding hydrogens is 560 g/mol. The van der Waals surface area contributed by atoms with Crippen LogP contribution in [-0.4, -0.2) is 48.2 Å². The van der Waals surface area contributed by atoms with Crippen molar-refractivity contribution in [2.75, 3.05) is 0 Å². The minimum Gasteiger partial charge on any atom is -0.323 e. The minimum atomic E-state index is 0.665. The first kappa shape index (κ1) is 24.0. The molecule has 5 aromatic carbocycles. The van der Waals surface area contributed by atoms with Gasteiger partial charge in [0, 0.05) is 0 Å². The highest BCUT2D eigenvalue weighted by Gasteiger charge is 2.25. The summed E-state index contributed by atoms with van der Waals surface area (Å²) < 4.78 is 8.39. The molecule has 10 rings (SSSR count). The topological polar surface area (TPSA) is 100.0 Å². The highest BCUT2D eigenvalue weighted by molar-refractivity contribution is 5.98. The summed E-state index contributed by atoms with van der Waals surface area (Å²) in [6.07, 6.45) is 7.45. The molecule has 0 fully saturated rings. The Morgan fingerprint density at radius 3 is 1.42 bits per heavy atom. The summed E-state index contributed by atoms with van der Waals surface area (Å²) in [5.41, 5.74) is 11.8. The number of benzene rings is 5. The first-order valence-electron chi connectivity index (χ1n) is 14.6. The zero-order valence-corrected chi connectivity index (χ0v) is 23.6. The Labute approximate surface area is 254 Å². The lowest BCUT2D eigenvalue weighted by molar-refractivity contribution is 0.983. The second kappa shape index (κ2) is 8.98. The van der Waals surface area contributed by atoms with Crippen LogP contribution < -0.4 is 0 Å². The lowest BCUT2D eigenvalue weighted by Gasteiger charge is -2.19. The van der Waals surface area contributed by atoms with E-state index < -0.39 is 0 Å². The van der Waals surface area contributed by atoms with Gasteiger partial charge in [-0.2, -0.15) is 0 Å². The fourth-order valence-corrected chi connectivity index (χ4v) is 6.41. The van der Waals surface area contributed by atoms with E-state index in [9.17, 15) is 0 Å². The molecule has 0 saturated heterocycles. The Kier molecular flexibility index (Phi) is 4.78. The van der Waals surface area contributed by atoms with Crippen LogP contribution in [0.4, 0.5) is 0 Å². The van der Waals surface area contributed by atoms with Crippen LogP contribution in [0.5, 0.6) is 0 Å². The number of imidazole rings is 5. The van der Waals surface area contributed by atoms with Gasteiger partial charge in [-0.3, -0.25) is 18.3 Å². The molecule has 1 N–H and O–H groups in total. The van der Waals surface area contributed by atoms with Crippen molar-refractivity contribution in [2.24, 2.45) is 0 Å². The van der Waals surface area contributed by atoms with E-state index in [1.807, 2.05) is 109 Å². The molecule has 10 nitrogen and oxygen atoms in total. The maximum atomic E-state index is 5.26. The lowest BCUT2D eigenvalue weighted by atomic mass is 10.1. The minimum absolute atomic E-state index is 0.665. The zero-order chi connectivity index (χ0) is 29.5. The van der Waals surface area contributed by atoms with Crippen LogP contribution in [-0.2, 0) is 0 Å². The van der Waals surface area contributed by atoms with E-state index in [4.69, 9.17) is 19.9 Å². The summed E-state index contributed by atoms with van der Waals surface area (Å²) in [4.78, 5) is 27.9. The predicted molar refractivity (Wildman–Crippen MR) is 175 cm³/mol. The molecule has 5 aromatic heterocycles. The van der Waals surface area contributed by atoms with Crippen molar-refractivity contribution in [3.63, 3.8) is 0 Å². The molecular formula is C35H22N10. The van der Waals surface area contributed by atoms with Crippen molar-refractivity contribution in [3.8, 4) is 23.0 Å².